The minimum atomic E-state index is -0.135. The largest absolute Gasteiger partial charge is 0.369 e. The summed E-state index contributed by atoms with van der Waals surface area (Å²) in [6.45, 7) is 5.20. The zero-order valence-electron chi connectivity index (χ0n) is 12.7. The summed E-state index contributed by atoms with van der Waals surface area (Å²) < 4.78 is 5.44. The Kier molecular flexibility index (Phi) is 5.59. The van der Waals surface area contributed by atoms with Gasteiger partial charge in [-0.25, -0.2) is 0 Å². The van der Waals surface area contributed by atoms with Gasteiger partial charge in [0.15, 0.2) is 0 Å². The van der Waals surface area contributed by atoms with Crippen molar-refractivity contribution in [2.24, 2.45) is 0 Å². The highest BCUT2D eigenvalue weighted by atomic mass is 16.5. The molecule has 0 amide bonds. The van der Waals surface area contributed by atoms with Gasteiger partial charge in [0.25, 0.3) is 5.56 Å². The molecule has 2 rings (SSSR count). The highest BCUT2D eigenvalue weighted by molar-refractivity contribution is 5.83. The molecule has 0 unspecified atom stereocenters. The summed E-state index contributed by atoms with van der Waals surface area (Å²) in [5, 5.41) is 1.03. The van der Waals surface area contributed by atoms with E-state index >= 15 is 0 Å². The quantitative estimate of drug-likeness (QED) is 0.675. The fourth-order valence-electron chi connectivity index (χ4n) is 2.26. The first-order valence-corrected chi connectivity index (χ1v) is 7.42. The van der Waals surface area contributed by atoms with Crippen LogP contribution in [0.1, 0.15) is 37.3 Å². The van der Waals surface area contributed by atoms with Crippen molar-refractivity contribution in [3.05, 3.63) is 45.7 Å². The van der Waals surface area contributed by atoms with Gasteiger partial charge in [-0.2, -0.15) is 0 Å². The van der Waals surface area contributed by atoms with Gasteiger partial charge in [-0.1, -0.05) is 49.8 Å². The molecule has 0 aliphatic carbocycles. The molecular formula is C18H21NO2. The molecule has 0 saturated heterocycles. The molecule has 0 bridgehead atoms. The first-order chi connectivity index (χ1) is 10.2. The number of ether oxygens (including phenoxy) is 1. The van der Waals surface area contributed by atoms with Crippen LogP contribution in [0.25, 0.3) is 10.9 Å². The first kappa shape index (κ1) is 15.3. The Hall–Kier alpha value is -2.05. The van der Waals surface area contributed by atoms with E-state index in [-0.39, 0.29) is 5.56 Å². The Bertz CT molecular complexity index is 719. The van der Waals surface area contributed by atoms with Crippen LogP contribution in [-0.4, -0.2) is 18.2 Å². The lowest BCUT2D eigenvalue weighted by Crippen LogP contribution is -2.12. The summed E-state index contributed by atoms with van der Waals surface area (Å²) in [5.74, 6) is 5.88. The van der Waals surface area contributed by atoms with E-state index in [0.717, 1.165) is 29.5 Å². The van der Waals surface area contributed by atoms with E-state index in [2.05, 4.69) is 23.7 Å². The van der Waals surface area contributed by atoms with E-state index in [1.165, 1.54) is 12.8 Å². The fraction of sp³-hybridized carbons (Fsp3) is 0.389. The molecule has 1 aromatic carbocycles. The predicted octanol–water partition coefficient (Wildman–Crippen LogP) is 3.39. The zero-order valence-corrected chi connectivity index (χ0v) is 12.7. The van der Waals surface area contributed by atoms with Crippen LogP contribution in [0, 0.1) is 18.8 Å². The highest BCUT2D eigenvalue weighted by Gasteiger charge is 2.05. The Morgan fingerprint density at radius 2 is 2.05 bits per heavy atom. The molecule has 21 heavy (non-hydrogen) atoms. The number of aryl methyl sites for hydroxylation is 1. The number of nitrogens with one attached hydrogen (secondary N) is 1. The number of pyridine rings is 1. The normalized spacial score (nSPS) is 10.4. The Morgan fingerprint density at radius 3 is 2.86 bits per heavy atom. The van der Waals surface area contributed by atoms with Crippen LogP contribution in [0.5, 0.6) is 0 Å². The summed E-state index contributed by atoms with van der Waals surface area (Å²) in [5.41, 5.74) is 2.17. The minimum Gasteiger partial charge on any atom is -0.369 e. The van der Waals surface area contributed by atoms with Gasteiger partial charge < -0.3 is 9.72 Å². The lowest BCUT2D eigenvalue weighted by atomic mass is 10.1. The van der Waals surface area contributed by atoms with Gasteiger partial charge in [-0.3, -0.25) is 4.79 Å². The second-order valence-electron chi connectivity index (χ2n) is 5.06. The Labute approximate surface area is 125 Å². The molecule has 110 valence electrons. The summed E-state index contributed by atoms with van der Waals surface area (Å²) >= 11 is 0. The van der Waals surface area contributed by atoms with Gasteiger partial charge >= 0.3 is 0 Å². The summed E-state index contributed by atoms with van der Waals surface area (Å²) in [7, 11) is 0. The SMILES string of the molecule is CCCCCOCC#Cc1c(C)c2ccccc2[nH]c1=O. The highest BCUT2D eigenvalue weighted by Crippen LogP contribution is 2.15. The number of fused-ring (bicyclic) bond motifs is 1. The molecule has 0 aliphatic heterocycles. The topological polar surface area (TPSA) is 42.1 Å². The van der Waals surface area contributed by atoms with Crippen molar-refractivity contribution in [1.29, 1.82) is 0 Å². The third-order valence-electron chi connectivity index (χ3n) is 3.46. The summed E-state index contributed by atoms with van der Waals surface area (Å²) in [6, 6.07) is 7.76. The number of hydrogen-bond acceptors (Lipinski definition) is 2. The predicted molar refractivity (Wildman–Crippen MR) is 86.5 cm³/mol. The average molecular weight is 283 g/mol. The molecule has 0 fully saturated rings. The zero-order chi connectivity index (χ0) is 15.1. The van der Waals surface area contributed by atoms with E-state index in [1.54, 1.807) is 0 Å². The van der Waals surface area contributed by atoms with Crippen LogP contribution in [0.15, 0.2) is 29.1 Å². The Morgan fingerprint density at radius 1 is 1.24 bits per heavy atom. The summed E-state index contributed by atoms with van der Waals surface area (Å²) in [6.07, 6.45) is 3.42. The fourth-order valence-corrected chi connectivity index (χ4v) is 2.26. The van der Waals surface area contributed by atoms with Gasteiger partial charge in [0.05, 0.1) is 5.56 Å². The number of rotatable bonds is 5. The number of para-hydroxylation sites is 1. The molecule has 3 nitrogen and oxygen atoms in total. The smallest absolute Gasteiger partial charge is 0.264 e. The number of benzene rings is 1. The van der Waals surface area contributed by atoms with E-state index in [9.17, 15) is 4.79 Å². The molecule has 1 heterocycles. The van der Waals surface area contributed by atoms with Crippen molar-refractivity contribution in [3.8, 4) is 11.8 Å². The van der Waals surface area contributed by atoms with Crippen LogP contribution in [-0.2, 0) is 4.74 Å². The van der Waals surface area contributed by atoms with Gasteiger partial charge in [0.2, 0.25) is 0 Å². The van der Waals surface area contributed by atoms with Gasteiger partial charge in [0.1, 0.15) is 6.61 Å². The minimum absolute atomic E-state index is 0.135. The van der Waals surface area contributed by atoms with Crippen molar-refractivity contribution < 1.29 is 4.74 Å². The second-order valence-corrected chi connectivity index (χ2v) is 5.06. The number of aromatic nitrogens is 1. The van der Waals surface area contributed by atoms with Gasteiger partial charge in [-0.15, -0.1) is 0 Å². The van der Waals surface area contributed by atoms with Crippen molar-refractivity contribution >= 4 is 10.9 Å². The van der Waals surface area contributed by atoms with Crippen LogP contribution in [0.4, 0.5) is 0 Å². The molecular weight excluding hydrogens is 262 g/mol. The van der Waals surface area contributed by atoms with Crippen molar-refractivity contribution in [3.63, 3.8) is 0 Å². The van der Waals surface area contributed by atoms with Crippen LogP contribution in [0.3, 0.4) is 0 Å². The maximum absolute atomic E-state index is 12.1. The van der Waals surface area contributed by atoms with Crippen molar-refractivity contribution in [2.75, 3.05) is 13.2 Å². The van der Waals surface area contributed by atoms with Crippen molar-refractivity contribution in [1.82, 2.24) is 4.98 Å². The molecule has 2 aromatic rings. The van der Waals surface area contributed by atoms with Crippen LogP contribution >= 0.6 is 0 Å². The third kappa shape index (κ3) is 3.96. The molecule has 0 saturated carbocycles. The molecule has 0 aliphatic rings. The third-order valence-corrected chi connectivity index (χ3v) is 3.46. The number of H-pyrrole nitrogens is 1. The standard InChI is InChI=1S/C18H21NO2/c1-3-4-7-12-21-13-8-10-16-14(2)15-9-5-6-11-17(15)19-18(16)20/h5-6,9,11H,3-4,7,12-13H2,1-2H3,(H,19,20). The van der Waals surface area contributed by atoms with Gasteiger partial charge in [0, 0.05) is 17.5 Å². The second kappa shape index (κ2) is 7.66. The van der Waals surface area contributed by atoms with E-state index in [4.69, 9.17) is 4.74 Å². The molecule has 1 aromatic heterocycles. The van der Waals surface area contributed by atoms with E-state index in [0.29, 0.717) is 12.2 Å². The van der Waals surface area contributed by atoms with Gasteiger partial charge in [-0.05, 0) is 25.0 Å². The first-order valence-electron chi connectivity index (χ1n) is 7.42. The number of hydrogen-bond donors (Lipinski definition) is 1. The number of aromatic amines is 1. The molecule has 1 N–H and O–H groups in total. The van der Waals surface area contributed by atoms with E-state index in [1.807, 2.05) is 31.2 Å². The van der Waals surface area contributed by atoms with Crippen molar-refractivity contribution in [2.45, 2.75) is 33.1 Å². The van der Waals surface area contributed by atoms with E-state index < -0.39 is 0 Å². The number of unbranched alkanes of at least 4 members (excludes halogenated alkanes) is 2. The average Bonchev–Trinajstić information content (AvgIpc) is 2.49. The molecule has 0 spiro atoms. The van der Waals surface area contributed by atoms with Crippen LogP contribution in [0.2, 0.25) is 0 Å². The maximum Gasteiger partial charge on any atom is 0.264 e. The molecule has 0 radical (unpaired) electrons. The lowest BCUT2D eigenvalue weighted by molar-refractivity contribution is 0.162. The summed E-state index contributed by atoms with van der Waals surface area (Å²) in [4.78, 5) is 14.9. The molecule has 3 heteroatoms. The Balaban J connectivity index is 2.11. The maximum atomic E-state index is 12.1. The van der Waals surface area contributed by atoms with Crippen LogP contribution < -0.4 is 5.56 Å². The monoisotopic (exact) mass is 283 g/mol. The molecule has 0 atom stereocenters. The lowest BCUT2D eigenvalue weighted by Gasteiger charge is -2.03.